The van der Waals surface area contributed by atoms with E-state index in [1.807, 2.05) is 0 Å². The van der Waals surface area contributed by atoms with Crippen LogP contribution in [0.15, 0.2) is 23.2 Å². The summed E-state index contributed by atoms with van der Waals surface area (Å²) in [6.07, 6.45) is 7.88. The van der Waals surface area contributed by atoms with Gasteiger partial charge in [0.15, 0.2) is 0 Å². The lowest BCUT2D eigenvalue weighted by Crippen LogP contribution is -2.61. The Kier molecular flexibility index (Phi) is 2.80. The molecule has 3 nitrogen and oxygen atoms in total. The number of benzene rings is 1. The van der Waals surface area contributed by atoms with Gasteiger partial charge in [-0.15, -0.1) is 0 Å². The Morgan fingerprint density at radius 1 is 1.26 bits per heavy atom. The third-order valence-corrected chi connectivity index (χ3v) is 7.35. The zero-order chi connectivity index (χ0) is 15.7. The topological polar surface area (TPSA) is 24.8 Å². The van der Waals surface area contributed by atoms with Gasteiger partial charge in [-0.3, -0.25) is 9.89 Å². The monoisotopic (exact) mass is 310 g/mol. The second-order valence-corrected chi connectivity index (χ2v) is 7.92. The van der Waals surface area contributed by atoms with Gasteiger partial charge in [0.25, 0.3) is 0 Å². The molecule has 1 saturated carbocycles. The van der Waals surface area contributed by atoms with E-state index in [-0.39, 0.29) is 5.41 Å². The molecular formula is C20H26N2O. The van der Waals surface area contributed by atoms with Crippen LogP contribution in [-0.2, 0) is 5.41 Å². The van der Waals surface area contributed by atoms with Crippen molar-refractivity contribution < 1.29 is 4.74 Å². The van der Waals surface area contributed by atoms with Crippen LogP contribution in [0.25, 0.3) is 0 Å². The van der Waals surface area contributed by atoms with Gasteiger partial charge in [0.05, 0.1) is 18.2 Å². The van der Waals surface area contributed by atoms with Crippen molar-refractivity contribution in [2.75, 3.05) is 20.2 Å². The van der Waals surface area contributed by atoms with E-state index >= 15 is 0 Å². The van der Waals surface area contributed by atoms with Crippen molar-refractivity contribution in [2.45, 2.75) is 56.9 Å². The van der Waals surface area contributed by atoms with Crippen molar-refractivity contribution in [2.24, 2.45) is 10.4 Å². The molecule has 1 aromatic carbocycles. The largest absolute Gasteiger partial charge is 0.497 e. The van der Waals surface area contributed by atoms with E-state index in [0.29, 0.717) is 11.5 Å². The first kappa shape index (κ1) is 14.0. The number of piperidine rings is 1. The minimum atomic E-state index is 0.205. The molecule has 1 aliphatic carbocycles. The van der Waals surface area contributed by atoms with Crippen LogP contribution in [0.1, 0.15) is 51.0 Å². The molecule has 1 aromatic rings. The van der Waals surface area contributed by atoms with Crippen LogP contribution in [0.5, 0.6) is 5.75 Å². The summed E-state index contributed by atoms with van der Waals surface area (Å²) in [4.78, 5) is 7.92. The third kappa shape index (κ3) is 1.57. The molecule has 0 radical (unpaired) electrons. The molecule has 4 aliphatic rings. The predicted molar refractivity (Wildman–Crippen MR) is 92.9 cm³/mol. The van der Waals surface area contributed by atoms with E-state index in [2.05, 4.69) is 30.0 Å². The summed E-state index contributed by atoms with van der Waals surface area (Å²) in [7, 11) is 1.75. The van der Waals surface area contributed by atoms with Gasteiger partial charge in [-0.05, 0) is 68.7 Å². The van der Waals surface area contributed by atoms with Crippen LogP contribution in [-0.4, -0.2) is 36.9 Å². The van der Waals surface area contributed by atoms with Crippen LogP contribution in [0, 0.1) is 5.41 Å². The molecule has 3 aliphatic heterocycles. The van der Waals surface area contributed by atoms with E-state index in [1.54, 1.807) is 7.11 Å². The van der Waals surface area contributed by atoms with Crippen molar-refractivity contribution in [1.82, 2.24) is 4.90 Å². The molecule has 2 saturated heterocycles. The van der Waals surface area contributed by atoms with Gasteiger partial charge in [-0.1, -0.05) is 13.0 Å². The van der Waals surface area contributed by atoms with Gasteiger partial charge in [0.2, 0.25) is 0 Å². The fraction of sp³-hybridized carbons (Fsp3) is 0.650. The van der Waals surface area contributed by atoms with Crippen LogP contribution < -0.4 is 4.74 Å². The minimum Gasteiger partial charge on any atom is -0.497 e. The molecule has 3 fully saturated rings. The van der Waals surface area contributed by atoms with Crippen molar-refractivity contribution in [1.29, 1.82) is 0 Å². The zero-order valence-electron chi connectivity index (χ0n) is 14.3. The first-order valence-corrected chi connectivity index (χ1v) is 9.24. The SMILES string of the molecule is CC[C@@]12CCCN3CC[C@@]4(C(=Nc5cc(OC)ccc54)CC1)[C@H]32. The lowest BCUT2D eigenvalue weighted by atomic mass is 9.53. The lowest BCUT2D eigenvalue weighted by Gasteiger charge is -2.56. The Morgan fingerprint density at radius 2 is 2.17 bits per heavy atom. The second-order valence-electron chi connectivity index (χ2n) is 7.92. The van der Waals surface area contributed by atoms with E-state index < -0.39 is 0 Å². The highest BCUT2D eigenvalue weighted by atomic mass is 16.5. The number of nitrogens with zero attached hydrogens (tertiary/aromatic N) is 2. The number of hydrogen-bond donors (Lipinski definition) is 0. The van der Waals surface area contributed by atoms with Gasteiger partial charge in [-0.2, -0.15) is 0 Å². The second kappa shape index (κ2) is 4.60. The van der Waals surface area contributed by atoms with Crippen LogP contribution in [0.3, 0.4) is 0 Å². The maximum atomic E-state index is 5.44. The van der Waals surface area contributed by atoms with E-state index in [4.69, 9.17) is 9.73 Å². The van der Waals surface area contributed by atoms with Crippen molar-refractivity contribution in [3.63, 3.8) is 0 Å². The average molecular weight is 310 g/mol. The maximum absolute atomic E-state index is 5.44. The van der Waals surface area contributed by atoms with Gasteiger partial charge in [0, 0.05) is 17.8 Å². The van der Waals surface area contributed by atoms with E-state index in [9.17, 15) is 0 Å². The molecule has 0 N–H and O–H groups in total. The molecule has 3 heterocycles. The smallest absolute Gasteiger partial charge is 0.121 e. The molecule has 0 amide bonds. The Labute approximate surface area is 138 Å². The van der Waals surface area contributed by atoms with Crippen molar-refractivity contribution in [3.05, 3.63) is 23.8 Å². The standard InChI is InChI=1S/C20H26N2O/c1-3-19-8-4-11-22-12-10-20(18(19)22)15-6-5-14(23-2)13-16(15)21-17(20)7-9-19/h5-6,13,18H,3-4,7-12H2,1-2H3/t18-,19-,20-/m1/s1. The maximum Gasteiger partial charge on any atom is 0.121 e. The molecule has 3 heteroatoms. The zero-order valence-corrected chi connectivity index (χ0v) is 14.3. The Bertz CT molecular complexity index is 697. The average Bonchev–Trinajstić information content (AvgIpc) is 3.15. The van der Waals surface area contributed by atoms with Crippen LogP contribution >= 0.6 is 0 Å². The third-order valence-electron chi connectivity index (χ3n) is 7.35. The number of ether oxygens (including phenoxy) is 1. The number of methoxy groups -OCH3 is 1. The van der Waals surface area contributed by atoms with E-state index in [0.717, 1.165) is 5.75 Å². The summed E-state index contributed by atoms with van der Waals surface area (Å²) in [5, 5.41) is 0. The van der Waals surface area contributed by atoms with Gasteiger partial charge in [0.1, 0.15) is 5.75 Å². The Hall–Kier alpha value is -1.35. The molecule has 3 atom stereocenters. The fourth-order valence-corrected chi connectivity index (χ4v) is 6.37. The Balaban J connectivity index is 1.71. The molecule has 5 rings (SSSR count). The molecule has 1 spiro atoms. The summed E-state index contributed by atoms with van der Waals surface area (Å²) in [5.74, 6) is 0.934. The molecule has 0 bridgehead atoms. The molecule has 23 heavy (non-hydrogen) atoms. The van der Waals surface area contributed by atoms with Gasteiger partial charge < -0.3 is 4.74 Å². The van der Waals surface area contributed by atoms with Gasteiger partial charge in [-0.25, -0.2) is 0 Å². The number of rotatable bonds is 2. The highest BCUT2D eigenvalue weighted by Gasteiger charge is 2.64. The summed E-state index contributed by atoms with van der Waals surface area (Å²) < 4.78 is 5.44. The molecule has 122 valence electrons. The fourth-order valence-electron chi connectivity index (χ4n) is 6.37. The summed E-state index contributed by atoms with van der Waals surface area (Å²) in [6, 6.07) is 7.28. The molecular weight excluding hydrogens is 284 g/mol. The highest BCUT2D eigenvalue weighted by molar-refractivity contribution is 6.04. The number of hydrogen-bond acceptors (Lipinski definition) is 3. The first-order chi connectivity index (χ1) is 11.2. The van der Waals surface area contributed by atoms with E-state index in [1.165, 1.54) is 68.6 Å². The summed E-state index contributed by atoms with van der Waals surface area (Å²) in [6.45, 7) is 4.95. The Morgan fingerprint density at radius 3 is 3.00 bits per heavy atom. The number of aliphatic imine (C=N–C) groups is 1. The quantitative estimate of drug-likeness (QED) is 0.822. The predicted octanol–water partition coefficient (Wildman–Crippen LogP) is 4.08. The van der Waals surface area contributed by atoms with Crippen molar-refractivity contribution >= 4 is 11.4 Å². The normalized spacial score (nSPS) is 37.8. The number of fused-ring (bicyclic) bond motifs is 1. The van der Waals surface area contributed by atoms with Crippen LogP contribution in [0.2, 0.25) is 0 Å². The van der Waals surface area contributed by atoms with Gasteiger partial charge >= 0.3 is 0 Å². The highest BCUT2D eigenvalue weighted by Crippen LogP contribution is 2.62. The summed E-state index contributed by atoms with van der Waals surface area (Å²) >= 11 is 0. The summed E-state index contributed by atoms with van der Waals surface area (Å²) in [5.41, 5.74) is 4.85. The molecule has 0 aromatic heterocycles. The van der Waals surface area contributed by atoms with Crippen molar-refractivity contribution in [3.8, 4) is 5.75 Å². The molecule has 0 unspecified atom stereocenters. The van der Waals surface area contributed by atoms with Crippen LogP contribution in [0.4, 0.5) is 5.69 Å². The minimum absolute atomic E-state index is 0.205. The lowest BCUT2D eigenvalue weighted by molar-refractivity contribution is 0.00462. The first-order valence-electron chi connectivity index (χ1n) is 9.24.